The van der Waals surface area contributed by atoms with Gasteiger partial charge in [-0.1, -0.05) is 31.2 Å². The third kappa shape index (κ3) is 5.62. The van der Waals surface area contributed by atoms with Gasteiger partial charge in [0.05, 0.1) is 42.0 Å². The summed E-state index contributed by atoms with van der Waals surface area (Å²) in [6, 6.07) is 12.1. The molecule has 2 aromatic carbocycles. The van der Waals surface area contributed by atoms with Crippen molar-refractivity contribution >= 4 is 34.4 Å². The van der Waals surface area contributed by atoms with Gasteiger partial charge in [-0.05, 0) is 56.0 Å². The molecule has 1 fully saturated rings. The average molecular weight is 591 g/mol. The highest BCUT2D eigenvalue weighted by Gasteiger charge is 2.52. The Labute approximate surface area is 249 Å². The number of nitrogens with one attached hydrogen (secondary N) is 1. The zero-order chi connectivity index (χ0) is 30.7. The summed E-state index contributed by atoms with van der Waals surface area (Å²) in [4.78, 5) is 54.7. The van der Waals surface area contributed by atoms with Crippen molar-refractivity contribution < 1.29 is 29.3 Å². The van der Waals surface area contributed by atoms with Crippen LogP contribution in [-0.2, 0) is 24.7 Å². The van der Waals surface area contributed by atoms with E-state index in [0.717, 1.165) is 12.8 Å². The van der Waals surface area contributed by atoms with E-state index in [0.29, 0.717) is 47.2 Å². The van der Waals surface area contributed by atoms with E-state index in [4.69, 9.17) is 4.74 Å². The summed E-state index contributed by atoms with van der Waals surface area (Å²) in [7, 11) is 1.33. The molecular weight excluding hydrogens is 552 g/mol. The first-order valence-corrected chi connectivity index (χ1v) is 14.7. The number of aromatic nitrogens is 2. The van der Waals surface area contributed by atoms with Crippen LogP contribution in [0, 0.1) is 5.92 Å². The summed E-state index contributed by atoms with van der Waals surface area (Å²) < 4.78 is 6.10. The zero-order valence-corrected chi connectivity index (χ0v) is 24.5. The maximum absolute atomic E-state index is 13.9. The molecule has 11 nitrogen and oxygen atoms in total. The molecule has 2 aliphatic rings. The predicted octanol–water partition coefficient (Wildman–Crippen LogP) is 2.76. The number of anilines is 1. The smallest absolute Gasteiger partial charge is 0.305 e. The van der Waals surface area contributed by atoms with Crippen molar-refractivity contribution in [3.8, 4) is 5.69 Å². The second-order valence-corrected chi connectivity index (χ2v) is 11.2. The number of methoxy groups -OCH3 is 1. The summed E-state index contributed by atoms with van der Waals surface area (Å²) in [5.74, 6) is -1.66. The molecular formula is C32H38N4O7. The van der Waals surface area contributed by atoms with Crippen LogP contribution in [0.4, 0.5) is 5.69 Å². The highest BCUT2D eigenvalue weighted by atomic mass is 16.5. The van der Waals surface area contributed by atoms with E-state index in [-0.39, 0.29) is 49.5 Å². The minimum atomic E-state index is -1.95. The summed E-state index contributed by atoms with van der Waals surface area (Å²) in [5, 5.41) is 25.3. The Morgan fingerprint density at radius 3 is 2.72 bits per heavy atom. The van der Waals surface area contributed by atoms with Crippen molar-refractivity contribution in [1.82, 2.24) is 14.7 Å². The maximum Gasteiger partial charge on any atom is 0.305 e. The zero-order valence-electron chi connectivity index (χ0n) is 24.5. The minimum Gasteiger partial charge on any atom is -0.469 e. The highest BCUT2D eigenvalue weighted by molar-refractivity contribution is 6.07. The Kier molecular flexibility index (Phi) is 8.84. The summed E-state index contributed by atoms with van der Waals surface area (Å²) in [5.41, 5.74) is -0.195. The molecule has 0 unspecified atom stereocenters. The number of aliphatic hydroxyl groups excluding tert-OH is 1. The molecule has 43 heavy (non-hydrogen) atoms. The fraction of sp³-hybridized carbons (Fsp3) is 0.438. The Hall–Kier alpha value is -4.22. The van der Waals surface area contributed by atoms with Crippen LogP contribution >= 0.6 is 0 Å². The van der Waals surface area contributed by atoms with E-state index in [1.165, 1.54) is 16.7 Å². The van der Waals surface area contributed by atoms with Crippen molar-refractivity contribution in [2.45, 2.75) is 57.1 Å². The monoisotopic (exact) mass is 590 g/mol. The van der Waals surface area contributed by atoms with Crippen LogP contribution in [0.5, 0.6) is 0 Å². The van der Waals surface area contributed by atoms with E-state index in [2.05, 4.69) is 5.10 Å². The number of hydrogen-bond acceptors (Lipinski definition) is 7. The molecule has 0 saturated carbocycles. The van der Waals surface area contributed by atoms with Gasteiger partial charge in [-0.25, -0.2) is 4.68 Å². The van der Waals surface area contributed by atoms with Crippen LogP contribution < -0.4 is 10.5 Å². The van der Waals surface area contributed by atoms with Crippen LogP contribution in [0.2, 0.25) is 0 Å². The minimum absolute atomic E-state index is 0.0752. The van der Waals surface area contributed by atoms with E-state index >= 15 is 0 Å². The number of rotatable bonds is 11. The predicted molar refractivity (Wildman–Crippen MR) is 161 cm³/mol. The molecule has 2 aliphatic heterocycles. The normalized spacial score (nSPS) is 20.7. The number of benzene rings is 2. The lowest BCUT2D eigenvalue weighted by Gasteiger charge is -2.28. The van der Waals surface area contributed by atoms with Gasteiger partial charge in [-0.3, -0.25) is 24.3 Å². The maximum atomic E-state index is 13.9. The van der Waals surface area contributed by atoms with Crippen LogP contribution in [0.3, 0.4) is 0 Å². The highest BCUT2D eigenvalue weighted by Crippen LogP contribution is 2.46. The molecule has 11 heteroatoms. The Balaban J connectivity index is 1.45. The lowest BCUT2D eigenvalue weighted by molar-refractivity contribution is -0.140. The Bertz CT molecular complexity index is 1610. The molecule has 3 heterocycles. The number of carbonyl (C=O) groups is 3. The fourth-order valence-corrected chi connectivity index (χ4v) is 6.16. The van der Waals surface area contributed by atoms with Gasteiger partial charge >= 0.3 is 5.97 Å². The fourth-order valence-electron chi connectivity index (χ4n) is 6.16. The van der Waals surface area contributed by atoms with E-state index < -0.39 is 17.4 Å². The number of para-hydroxylation sites is 1. The lowest BCUT2D eigenvalue weighted by atomic mass is 9.82. The molecule has 0 aliphatic carbocycles. The van der Waals surface area contributed by atoms with Gasteiger partial charge in [0.25, 0.3) is 11.5 Å². The average Bonchev–Trinajstić information content (AvgIpc) is 3.69. The topological polar surface area (TPSA) is 145 Å². The summed E-state index contributed by atoms with van der Waals surface area (Å²) >= 11 is 0. The van der Waals surface area contributed by atoms with Gasteiger partial charge in [-0.2, -0.15) is 0 Å². The quantitative estimate of drug-likeness (QED) is 0.177. The molecule has 3 aromatic rings. The first-order valence-electron chi connectivity index (χ1n) is 14.7. The number of nitrogens with zero attached hydrogens (tertiary/aromatic N) is 3. The third-order valence-corrected chi connectivity index (χ3v) is 8.63. The van der Waals surface area contributed by atoms with Crippen molar-refractivity contribution in [3.63, 3.8) is 0 Å². The largest absolute Gasteiger partial charge is 0.469 e. The number of aliphatic hydroxyl groups is 2. The Morgan fingerprint density at radius 1 is 1.19 bits per heavy atom. The number of esters is 1. The number of aromatic amines is 1. The standard InChI is InChI=1S/C32H38N4O7/c1-21(9-7-13-28(38)34-18-8-10-23(34)20-37)32(42)25-19-22(36-30(40)24-11-3-4-12-26(24)33-36)15-16-27(25)35(31(32)41)17-6-5-14-29(39)43-2/h3-4,7,9,11-12,15-16,19,21,23,33,37,42H,5-6,8,10,13-14,17-18,20H2,1-2H3/b9-7+/t21-,23-,32+/m0/s1. The van der Waals surface area contributed by atoms with Crippen molar-refractivity contribution in [1.29, 1.82) is 0 Å². The van der Waals surface area contributed by atoms with Crippen molar-refractivity contribution in [2.75, 3.05) is 31.7 Å². The number of hydrogen-bond donors (Lipinski definition) is 3. The number of carbonyl (C=O) groups excluding carboxylic acids is 3. The summed E-state index contributed by atoms with van der Waals surface area (Å²) in [6.07, 6.45) is 6.28. The second-order valence-electron chi connectivity index (χ2n) is 11.2. The van der Waals surface area contributed by atoms with E-state index in [9.17, 15) is 29.4 Å². The lowest BCUT2D eigenvalue weighted by Crippen LogP contribution is -2.44. The Morgan fingerprint density at radius 2 is 1.98 bits per heavy atom. The molecule has 5 rings (SSSR count). The molecule has 1 aromatic heterocycles. The molecule has 1 saturated heterocycles. The van der Waals surface area contributed by atoms with Crippen LogP contribution in [-0.4, -0.2) is 75.5 Å². The molecule has 3 atom stereocenters. The number of likely N-dealkylation sites (tertiary alicyclic amines) is 1. The van der Waals surface area contributed by atoms with E-state index in [1.54, 1.807) is 60.4 Å². The number of fused-ring (bicyclic) bond motifs is 2. The van der Waals surface area contributed by atoms with Gasteiger partial charge < -0.3 is 24.7 Å². The second kappa shape index (κ2) is 12.6. The molecule has 2 amide bonds. The van der Waals surface area contributed by atoms with Gasteiger partial charge in [0.1, 0.15) is 0 Å². The number of amides is 2. The first-order chi connectivity index (χ1) is 20.7. The third-order valence-electron chi connectivity index (χ3n) is 8.63. The van der Waals surface area contributed by atoms with E-state index in [1.807, 2.05) is 6.07 Å². The SMILES string of the molecule is COC(=O)CCCCN1C(=O)[C@@](O)([C@@H](C)/C=C/CC(=O)N2CCC[C@H]2CO)c2cc(-n3[nH]c4ccccc4c3=O)ccc21. The summed E-state index contributed by atoms with van der Waals surface area (Å²) in [6.45, 7) is 2.53. The first kappa shape index (κ1) is 30.2. The molecule has 228 valence electrons. The number of unbranched alkanes of at least 4 members (excludes halogenated alkanes) is 1. The molecule has 0 radical (unpaired) electrons. The van der Waals surface area contributed by atoms with Crippen molar-refractivity contribution in [2.24, 2.45) is 5.92 Å². The molecule has 3 N–H and O–H groups in total. The van der Waals surface area contributed by atoms with Crippen LogP contribution in [0.1, 0.15) is 51.0 Å². The van der Waals surface area contributed by atoms with Crippen LogP contribution in [0.15, 0.2) is 59.4 Å². The van der Waals surface area contributed by atoms with Crippen molar-refractivity contribution in [3.05, 3.63) is 70.5 Å². The van der Waals surface area contributed by atoms with Crippen LogP contribution in [0.25, 0.3) is 16.6 Å². The molecule has 0 bridgehead atoms. The van der Waals surface area contributed by atoms with Gasteiger partial charge in [-0.15, -0.1) is 0 Å². The number of H-pyrrole nitrogens is 1. The molecule has 0 spiro atoms. The van der Waals surface area contributed by atoms with Gasteiger partial charge in [0, 0.05) is 37.4 Å². The van der Waals surface area contributed by atoms with Gasteiger partial charge in [0.15, 0.2) is 5.60 Å². The number of ether oxygens (including phenoxy) is 1. The van der Waals surface area contributed by atoms with Gasteiger partial charge in [0.2, 0.25) is 5.91 Å².